The normalized spacial score (nSPS) is 12.4. The molecule has 1 N–H and O–H groups in total. The van der Waals surface area contributed by atoms with E-state index in [0.29, 0.717) is 6.42 Å². The first-order chi connectivity index (χ1) is 8.60. The van der Waals surface area contributed by atoms with Gasteiger partial charge in [-0.2, -0.15) is 0 Å². The van der Waals surface area contributed by atoms with Gasteiger partial charge in [-0.3, -0.25) is 0 Å². The Balaban J connectivity index is 2.15. The predicted molar refractivity (Wildman–Crippen MR) is 81.4 cm³/mol. The van der Waals surface area contributed by atoms with E-state index in [1.165, 1.54) is 0 Å². The topological polar surface area (TPSA) is 29.5 Å². The number of thiophene rings is 1. The molecule has 5 heteroatoms. The lowest BCUT2D eigenvalue weighted by atomic mass is 10.0. The van der Waals surface area contributed by atoms with Crippen LogP contribution >= 0.6 is 43.2 Å². The van der Waals surface area contributed by atoms with Gasteiger partial charge in [0.2, 0.25) is 0 Å². The van der Waals surface area contributed by atoms with Gasteiger partial charge in [0.25, 0.3) is 0 Å². The van der Waals surface area contributed by atoms with Gasteiger partial charge in [-0.05, 0) is 55.6 Å². The lowest BCUT2D eigenvalue weighted by Gasteiger charge is -2.10. The number of rotatable bonds is 4. The van der Waals surface area contributed by atoms with E-state index in [9.17, 15) is 5.11 Å². The number of hydrogen-bond donors (Lipinski definition) is 1. The molecule has 0 saturated heterocycles. The van der Waals surface area contributed by atoms with E-state index < -0.39 is 6.10 Å². The van der Waals surface area contributed by atoms with Crippen molar-refractivity contribution >= 4 is 43.2 Å². The summed E-state index contributed by atoms with van der Waals surface area (Å²) >= 11 is 8.44. The molecule has 1 heterocycles. The summed E-state index contributed by atoms with van der Waals surface area (Å²) in [5, 5.41) is 10.2. The molecule has 2 aromatic rings. The van der Waals surface area contributed by atoms with Crippen LogP contribution in [0.5, 0.6) is 5.75 Å². The Hall–Kier alpha value is -0.360. The molecule has 1 atom stereocenters. The Morgan fingerprint density at radius 3 is 2.72 bits per heavy atom. The lowest BCUT2D eigenvalue weighted by Crippen LogP contribution is -2.01. The maximum absolute atomic E-state index is 10.2. The first-order valence-corrected chi connectivity index (χ1v) is 7.76. The summed E-state index contributed by atoms with van der Waals surface area (Å²) < 4.78 is 7.14. The number of aliphatic hydroxyl groups excluding tert-OH is 1. The Morgan fingerprint density at radius 1 is 1.33 bits per heavy atom. The second-order valence-electron chi connectivity index (χ2n) is 3.85. The van der Waals surface area contributed by atoms with Crippen LogP contribution in [0.2, 0.25) is 0 Å². The average Bonchev–Trinajstić information content (AvgIpc) is 2.69. The Bertz CT molecular complexity index is 540. The summed E-state index contributed by atoms with van der Waals surface area (Å²) in [6.07, 6.45) is 0.0490. The van der Waals surface area contributed by atoms with Crippen LogP contribution in [0, 0.1) is 0 Å². The molecule has 0 fully saturated rings. The highest BCUT2D eigenvalue weighted by atomic mass is 79.9. The predicted octanol–water partition coefficient (Wildman–Crippen LogP) is 4.56. The molecule has 0 radical (unpaired) electrons. The highest BCUT2D eigenvalue weighted by molar-refractivity contribution is 9.12. The molecule has 0 amide bonds. The summed E-state index contributed by atoms with van der Waals surface area (Å²) in [6, 6.07) is 9.70. The van der Waals surface area contributed by atoms with Gasteiger partial charge in [-0.15, -0.1) is 11.3 Å². The van der Waals surface area contributed by atoms with Crippen molar-refractivity contribution in [2.75, 3.05) is 7.11 Å². The number of benzene rings is 1. The smallest absolute Gasteiger partial charge is 0.119 e. The van der Waals surface area contributed by atoms with Gasteiger partial charge in [0.1, 0.15) is 5.75 Å². The molecule has 2 nitrogen and oxygen atoms in total. The van der Waals surface area contributed by atoms with E-state index in [-0.39, 0.29) is 0 Å². The number of aliphatic hydroxyl groups is 1. The van der Waals surface area contributed by atoms with Crippen molar-refractivity contribution < 1.29 is 9.84 Å². The Kier molecular flexibility index (Phi) is 4.84. The fourth-order valence-corrected chi connectivity index (χ4v) is 4.67. The van der Waals surface area contributed by atoms with Crippen molar-refractivity contribution in [2.45, 2.75) is 12.5 Å². The third-order valence-corrected chi connectivity index (χ3v) is 4.99. The molecule has 0 spiro atoms. The fourth-order valence-electron chi connectivity index (χ4n) is 1.71. The highest BCUT2D eigenvalue weighted by Crippen LogP contribution is 2.36. The van der Waals surface area contributed by atoms with Crippen molar-refractivity contribution in [3.8, 4) is 5.75 Å². The van der Waals surface area contributed by atoms with E-state index in [4.69, 9.17) is 4.74 Å². The zero-order valence-corrected chi connectivity index (χ0v) is 13.7. The standard InChI is InChI=1S/C13H12Br2O2S/c1-17-9-4-2-3-8(5-9)6-11(16)10-7-12(14)18-13(10)15/h2-5,7,11,16H,6H2,1H3. The van der Waals surface area contributed by atoms with Crippen molar-refractivity contribution in [1.29, 1.82) is 0 Å². The lowest BCUT2D eigenvalue weighted by molar-refractivity contribution is 0.178. The quantitative estimate of drug-likeness (QED) is 0.827. The van der Waals surface area contributed by atoms with Crippen molar-refractivity contribution in [2.24, 2.45) is 0 Å². The number of ether oxygens (including phenoxy) is 1. The molecule has 2 rings (SSSR count). The van der Waals surface area contributed by atoms with Gasteiger partial charge in [0.15, 0.2) is 0 Å². The van der Waals surface area contributed by atoms with Gasteiger partial charge < -0.3 is 9.84 Å². The molecular formula is C13H12Br2O2S. The maximum Gasteiger partial charge on any atom is 0.119 e. The summed E-state index contributed by atoms with van der Waals surface area (Å²) in [5.41, 5.74) is 1.96. The first-order valence-electron chi connectivity index (χ1n) is 5.36. The van der Waals surface area contributed by atoms with E-state index in [1.54, 1.807) is 18.4 Å². The van der Waals surface area contributed by atoms with Crippen LogP contribution in [0.25, 0.3) is 0 Å². The molecule has 0 aliphatic carbocycles. The van der Waals surface area contributed by atoms with Gasteiger partial charge in [0, 0.05) is 12.0 Å². The van der Waals surface area contributed by atoms with Crippen LogP contribution in [0.1, 0.15) is 17.2 Å². The van der Waals surface area contributed by atoms with Crippen molar-refractivity contribution in [1.82, 2.24) is 0 Å². The summed E-state index contributed by atoms with van der Waals surface area (Å²) in [5.74, 6) is 0.810. The Labute approximate surface area is 127 Å². The van der Waals surface area contributed by atoms with Gasteiger partial charge in [-0.25, -0.2) is 0 Å². The monoisotopic (exact) mass is 390 g/mol. The summed E-state index contributed by atoms with van der Waals surface area (Å²) in [7, 11) is 1.64. The van der Waals surface area contributed by atoms with Crippen molar-refractivity contribution in [3.05, 3.63) is 49.0 Å². The minimum absolute atomic E-state index is 0.519. The second-order valence-corrected chi connectivity index (χ2v) is 7.60. The highest BCUT2D eigenvalue weighted by Gasteiger charge is 2.15. The number of halogens is 2. The molecule has 0 aliphatic heterocycles. The SMILES string of the molecule is COc1cccc(CC(O)c2cc(Br)sc2Br)c1. The van der Waals surface area contributed by atoms with Gasteiger partial charge >= 0.3 is 0 Å². The Morgan fingerprint density at radius 2 is 2.11 bits per heavy atom. The third-order valence-electron chi connectivity index (χ3n) is 2.61. The minimum atomic E-state index is -0.519. The van der Waals surface area contributed by atoms with Crippen LogP contribution in [-0.4, -0.2) is 12.2 Å². The van der Waals surface area contributed by atoms with E-state index in [1.807, 2.05) is 30.3 Å². The van der Waals surface area contributed by atoms with Crippen LogP contribution < -0.4 is 4.74 Å². The van der Waals surface area contributed by atoms with Gasteiger partial charge in [0.05, 0.1) is 20.8 Å². The number of hydrogen-bond acceptors (Lipinski definition) is 3. The molecule has 0 aliphatic rings. The average molecular weight is 392 g/mol. The van der Waals surface area contributed by atoms with Crippen LogP contribution in [0.3, 0.4) is 0 Å². The maximum atomic E-state index is 10.2. The molecule has 1 aromatic carbocycles. The first kappa shape index (κ1) is 14.1. The van der Waals surface area contributed by atoms with E-state index in [0.717, 1.165) is 24.4 Å². The fraction of sp³-hybridized carbons (Fsp3) is 0.231. The van der Waals surface area contributed by atoms with E-state index in [2.05, 4.69) is 31.9 Å². The van der Waals surface area contributed by atoms with Crippen LogP contribution in [-0.2, 0) is 6.42 Å². The van der Waals surface area contributed by atoms with E-state index >= 15 is 0 Å². The molecule has 0 saturated carbocycles. The van der Waals surface area contributed by atoms with Crippen LogP contribution in [0.15, 0.2) is 37.9 Å². The van der Waals surface area contributed by atoms with Crippen molar-refractivity contribution in [3.63, 3.8) is 0 Å². The molecule has 0 bridgehead atoms. The third kappa shape index (κ3) is 3.35. The number of methoxy groups -OCH3 is 1. The summed E-state index contributed by atoms with van der Waals surface area (Å²) in [6.45, 7) is 0. The zero-order valence-electron chi connectivity index (χ0n) is 9.69. The molecular weight excluding hydrogens is 380 g/mol. The largest absolute Gasteiger partial charge is 0.497 e. The summed E-state index contributed by atoms with van der Waals surface area (Å²) in [4.78, 5) is 0. The molecule has 1 aromatic heterocycles. The van der Waals surface area contributed by atoms with Gasteiger partial charge in [-0.1, -0.05) is 12.1 Å². The molecule has 96 valence electrons. The minimum Gasteiger partial charge on any atom is -0.497 e. The molecule has 1 unspecified atom stereocenters. The molecule has 18 heavy (non-hydrogen) atoms. The van der Waals surface area contributed by atoms with Crippen LogP contribution in [0.4, 0.5) is 0 Å². The zero-order chi connectivity index (χ0) is 13.1. The second kappa shape index (κ2) is 6.19.